The quantitative estimate of drug-likeness (QED) is 0.140. The molecule has 0 spiro atoms. The zero-order chi connectivity index (χ0) is 29.8. The normalized spacial score (nSPS) is 13.8. The number of anilines is 1. The summed E-state index contributed by atoms with van der Waals surface area (Å²) in [5.41, 5.74) is 2.21. The van der Waals surface area contributed by atoms with Crippen molar-refractivity contribution in [1.29, 1.82) is 0 Å². The fourth-order valence-corrected chi connectivity index (χ4v) is 5.72. The summed E-state index contributed by atoms with van der Waals surface area (Å²) in [6.07, 6.45) is 3.64. The molecule has 0 fully saturated rings. The van der Waals surface area contributed by atoms with E-state index in [0.29, 0.717) is 27.2 Å². The van der Waals surface area contributed by atoms with E-state index in [0.717, 1.165) is 21.9 Å². The van der Waals surface area contributed by atoms with E-state index in [1.807, 2.05) is 36.4 Å². The highest BCUT2D eigenvalue weighted by Crippen LogP contribution is 2.39. The molecule has 0 saturated carbocycles. The van der Waals surface area contributed by atoms with Crippen LogP contribution in [0.5, 0.6) is 23.0 Å². The molecule has 8 nitrogen and oxygen atoms in total. The number of amides is 2. The Morgan fingerprint density at radius 2 is 1.21 bits per heavy atom. The molecule has 1 atom stereocenters. The van der Waals surface area contributed by atoms with E-state index in [-0.39, 0.29) is 34.1 Å². The fraction of sp³-hybridized carbons (Fsp3) is 0.0286. The number of aromatic hydroxyl groups is 4. The summed E-state index contributed by atoms with van der Waals surface area (Å²) in [5, 5.41) is 51.1. The van der Waals surface area contributed by atoms with E-state index < -0.39 is 17.9 Å². The smallest absolute Gasteiger partial charge is 0.259 e. The van der Waals surface area contributed by atoms with Crippen LogP contribution in [0.25, 0.3) is 38.4 Å². The molecule has 0 heterocycles. The van der Waals surface area contributed by atoms with Crippen molar-refractivity contribution in [3.63, 3.8) is 0 Å². The molecule has 0 saturated heterocycles. The fourth-order valence-electron chi connectivity index (χ4n) is 5.72. The second-order valence-electron chi connectivity index (χ2n) is 10.5. The van der Waals surface area contributed by atoms with Crippen molar-refractivity contribution in [2.45, 2.75) is 6.04 Å². The van der Waals surface area contributed by atoms with E-state index >= 15 is 0 Å². The van der Waals surface area contributed by atoms with Crippen LogP contribution in [-0.4, -0.2) is 32.2 Å². The molecule has 1 unspecified atom stereocenters. The van der Waals surface area contributed by atoms with Gasteiger partial charge in [-0.2, -0.15) is 0 Å². The minimum Gasteiger partial charge on any atom is -0.508 e. The predicted octanol–water partition coefficient (Wildman–Crippen LogP) is 6.72. The summed E-state index contributed by atoms with van der Waals surface area (Å²) in [7, 11) is 0. The Bertz CT molecular complexity index is 2190. The monoisotopic (exact) mass is 568 g/mol. The van der Waals surface area contributed by atoms with Crippen LogP contribution in [0.1, 0.15) is 37.9 Å². The highest BCUT2D eigenvalue weighted by atomic mass is 16.3. The van der Waals surface area contributed by atoms with E-state index in [9.17, 15) is 30.0 Å². The summed E-state index contributed by atoms with van der Waals surface area (Å²) < 4.78 is 0. The van der Waals surface area contributed by atoms with Gasteiger partial charge in [0, 0.05) is 11.3 Å². The summed E-state index contributed by atoms with van der Waals surface area (Å²) in [6.45, 7) is 0. The number of carbonyl (C=O) groups excluding carboxylic acids is 2. The SMILES string of the molecule is O=C(Nc1ccc2cccc3c2c1C=CC3NC(=O)c1cc2cc(O)ccc2cc1O)c1cc2cc(O)ccc2cc1O. The molecule has 7 rings (SSSR count). The summed E-state index contributed by atoms with van der Waals surface area (Å²) in [5.74, 6) is -1.25. The Hall–Kier alpha value is -6.02. The second kappa shape index (κ2) is 9.81. The first kappa shape index (κ1) is 25.9. The number of phenols is 4. The minimum absolute atomic E-state index is 0.0537. The van der Waals surface area contributed by atoms with Crippen LogP contribution in [0.4, 0.5) is 5.69 Å². The third kappa shape index (κ3) is 4.51. The van der Waals surface area contributed by atoms with Gasteiger partial charge in [-0.25, -0.2) is 0 Å². The van der Waals surface area contributed by atoms with Crippen LogP contribution >= 0.6 is 0 Å². The number of phenolic OH excluding ortho intramolecular Hbond substituents is 4. The van der Waals surface area contributed by atoms with Gasteiger partial charge < -0.3 is 31.1 Å². The van der Waals surface area contributed by atoms with Crippen LogP contribution in [0.2, 0.25) is 0 Å². The molecule has 8 heteroatoms. The number of rotatable bonds is 4. The van der Waals surface area contributed by atoms with Gasteiger partial charge in [0.15, 0.2) is 0 Å². The van der Waals surface area contributed by atoms with Gasteiger partial charge in [-0.1, -0.05) is 48.6 Å². The van der Waals surface area contributed by atoms with Crippen LogP contribution in [0, 0.1) is 0 Å². The van der Waals surface area contributed by atoms with Crippen molar-refractivity contribution in [3.05, 3.63) is 119 Å². The Balaban J connectivity index is 1.21. The molecule has 210 valence electrons. The Morgan fingerprint density at radius 1 is 0.605 bits per heavy atom. The number of benzene rings is 6. The number of hydrogen-bond donors (Lipinski definition) is 6. The Labute approximate surface area is 244 Å². The lowest BCUT2D eigenvalue weighted by Gasteiger charge is -2.24. The third-order valence-corrected chi connectivity index (χ3v) is 7.81. The van der Waals surface area contributed by atoms with Gasteiger partial charge in [0.05, 0.1) is 17.2 Å². The maximum atomic E-state index is 13.3. The minimum atomic E-state index is -0.522. The molecule has 1 aliphatic rings. The van der Waals surface area contributed by atoms with Gasteiger partial charge >= 0.3 is 0 Å². The Kier molecular flexibility index (Phi) is 5.91. The number of hydrogen-bond acceptors (Lipinski definition) is 6. The number of carbonyl (C=O) groups is 2. The predicted molar refractivity (Wildman–Crippen MR) is 166 cm³/mol. The van der Waals surface area contributed by atoms with Gasteiger partial charge in [-0.05, 0) is 92.5 Å². The molecule has 2 amide bonds. The van der Waals surface area contributed by atoms with Crippen molar-refractivity contribution in [3.8, 4) is 23.0 Å². The highest BCUT2D eigenvalue weighted by molar-refractivity contribution is 6.12. The maximum absolute atomic E-state index is 13.3. The van der Waals surface area contributed by atoms with Gasteiger partial charge in [-0.3, -0.25) is 9.59 Å². The molecule has 43 heavy (non-hydrogen) atoms. The molecule has 0 bridgehead atoms. The van der Waals surface area contributed by atoms with E-state index in [1.54, 1.807) is 18.2 Å². The molecular weight excluding hydrogens is 544 g/mol. The largest absolute Gasteiger partial charge is 0.508 e. The lowest BCUT2D eigenvalue weighted by atomic mass is 9.88. The van der Waals surface area contributed by atoms with Crippen molar-refractivity contribution in [2.24, 2.45) is 0 Å². The molecule has 1 aliphatic carbocycles. The first-order valence-corrected chi connectivity index (χ1v) is 13.5. The summed E-state index contributed by atoms with van der Waals surface area (Å²) in [6, 6.07) is 24.3. The first-order valence-electron chi connectivity index (χ1n) is 13.5. The van der Waals surface area contributed by atoms with E-state index in [2.05, 4.69) is 10.6 Å². The van der Waals surface area contributed by atoms with Crippen LogP contribution in [0.3, 0.4) is 0 Å². The lowest BCUT2D eigenvalue weighted by molar-refractivity contribution is 0.0941. The molecule has 0 aliphatic heterocycles. The van der Waals surface area contributed by atoms with E-state index in [4.69, 9.17) is 0 Å². The zero-order valence-corrected chi connectivity index (χ0v) is 22.5. The zero-order valence-electron chi connectivity index (χ0n) is 22.5. The number of nitrogens with one attached hydrogen (secondary N) is 2. The van der Waals surface area contributed by atoms with Gasteiger partial charge in [0.2, 0.25) is 0 Å². The third-order valence-electron chi connectivity index (χ3n) is 7.81. The topological polar surface area (TPSA) is 139 Å². The Morgan fingerprint density at radius 3 is 1.86 bits per heavy atom. The van der Waals surface area contributed by atoms with Gasteiger partial charge in [-0.15, -0.1) is 0 Å². The van der Waals surface area contributed by atoms with Crippen molar-refractivity contribution < 1.29 is 30.0 Å². The van der Waals surface area contributed by atoms with Crippen LogP contribution in [-0.2, 0) is 0 Å². The maximum Gasteiger partial charge on any atom is 0.259 e. The lowest BCUT2D eigenvalue weighted by Crippen LogP contribution is -2.28. The highest BCUT2D eigenvalue weighted by Gasteiger charge is 2.24. The summed E-state index contributed by atoms with van der Waals surface area (Å²) in [4.78, 5) is 26.7. The second-order valence-corrected chi connectivity index (χ2v) is 10.5. The average molecular weight is 569 g/mol. The molecular formula is C35H24N2O6. The van der Waals surface area contributed by atoms with Gasteiger partial charge in [0.25, 0.3) is 11.8 Å². The molecule has 6 aromatic rings. The first-order chi connectivity index (χ1) is 20.7. The number of fused-ring (bicyclic) bond motifs is 2. The van der Waals surface area contributed by atoms with E-state index in [1.165, 1.54) is 48.5 Å². The van der Waals surface area contributed by atoms with Crippen molar-refractivity contribution in [1.82, 2.24) is 5.32 Å². The molecule has 0 radical (unpaired) electrons. The van der Waals surface area contributed by atoms with Gasteiger partial charge in [0.1, 0.15) is 23.0 Å². The molecule has 0 aromatic heterocycles. The standard InChI is InChI=1S/C35H24N2O6/c38-23-7-4-19-16-31(40)27(14-21(19)12-23)34(42)36-29-10-6-18-2-1-3-25-30(11-9-26(29)33(18)25)37-35(43)28-15-22-13-24(39)8-5-20(22)17-32(28)41/h1-17,30,38-41H,(H,36,42)(H,37,43). The molecule has 6 aromatic carbocycles. The average Bonchev–Trinajstić information content (AvgIpc) is 2.99. The van der Waals surface area contributed by atoms with Crippen LogP contribution < -0.4 is 10.6 Å². The summed E-state index contributed by atoms with van der Waals surface area (Å²) >= 11 is 0. The molecule has 6 N–H and O–H groups in total. The van der Waals surface area contributed by atoms with Crippen molar-refractivity contribution >= 4 is 55.9 Å². The van der Waals surface area contributed by atoms with Crippen molar-refractivity contribution in [2.75, 3.05) is 5.32 Å². The van der Waals surface area contributed by atoms with Crippen LogP contribution in [0.15, 0.2) is 97.1 Å².